The average Bonchev–Trinajstić information content (AvgIpc) is 2.79. The van der Waals surface area contributed by atoms with E-state index in [9.17, 15) is 13.2 Å². The summed E-state index contributed by atoms with van der Waals surface area (Å²) in [4.78, 5) is 12.9. The maximum Gasteiger partial charge on any atom is 0.264 e. The Morgan fingerprint density at radius 3 is 2.33 bits per heavy atom. The van der Waals surface area contributed by atoms with Gasteiger partial charge in [-0.1, -0.05) is 54.1 Å². The van der Waals surface area contributed by atoms with E-state index in [1.165, 1.54) is 12.1 Å². The first-order valence-corrected chi connectivity index (χ1v) is 12.3. The zero-order valence-corrected chi connectivity index (χ0v) is 20.4. The molecule has 0 spiro atoms. The second-order valence-electron chi connectivity index (χ2n) is 7.80. The number of sulfonamides is 1. The largest absolute Gasteiger partial charge is 0.491 e. The van der Waals surface area contributed by atoms with E-state index in [1.54, 1.807) is 43.3 Å². The quantitative estimate of drug-likeness (QED) is 0.474. The number of nitrogens with zero attached hydrogens (tertiary/aromatic N) is 1. The number of hydrogen-bond acceptors (Lipinski definition) is 4. The van der Waals surface area contributed by atoms with Crippen molar-refractivity contribution >= 4 is 33.2 Å². The summed E-state index contributed by atoms with van der Waals surface area (Å²) in [6.07, 6.45) is 0. The molecule has 0 saturated heterocycles. The van der Waals surface area contributed by atoms with Gasteiger partial charge in [0, 0.05) is 5.02 Å². The summed E-state index contributed by atoms with van der Waals surface area (Å²) in [6.45, 7) is 5.42. The van der Waals surface area contributed by atoms with E-state index < -0.39 is 22.5 Å². The third-order valence-electron chi connectivity index (χ3n) is 5.05. The average molecular weight is 487 g/mol. The Balaban J connectivity index is 1.77. The van der Waals surface area contributed by atoms with Crippen LogP contribution in [0.1, 0.15) is 18.1 Å². The molecule has 174 valence electrons. The number of rotatable bonds is 9. The monoisotopic (exact) mass is 486 g/mol. The Morgan fingerprint density at radius 2 is 1.67 bits per heavy atom. The highest BCUT2D eigenvalue weighted by atomic mass is 35.5. The number of para-hydroxylation sites is 1. The molecule has 33 heavy (non-hydrogen) atoms. The van der Waals surface area contributed by atoms with Crippen LogP contribution in [0.15, 0.2) is 77.7 Å². The van der Waals surface area contributed by atoms with Crippen molar-refractivity contribution in [3.63, 3.8) is 0 Å². The number of ether oxygens (including phenoxy) is 1. The molecule has 3 rings (SSSR count). The van der Waals surface area contributed by atoms with Gasteiger partial charge < -0.3 is 10.1 Å². The lowest BCUT2D eigenvalue weighted by Crippen LogP contribution is -2.45. The van der Waals surface area contributed by atoms with Gasteiger partial charge in [0.1, 0.15) is 18.9 Å². The lowest BCUT2D eigenvalue weighted by Gasteiger charge is -2.25. The zero-order chi connectivity index (χ0) is 24.0. The fourth-order valence-electron chi connectivity index (χ4n) is 3.20. The molecule has 0 bridgehead atoms. The van der Waals surface area contributed by atoms with Crippen LogP contribution >= 0.6 is 11.6 Å². The van der Waals surface area contributed by atoms with Crippen LogP contribution in [0.3, 0.4) is 0 Å². The molecule has 1 atom stereocenters. The molecular formula is C25H27ClN2O4S. The first-order valence-electron chi connectivity index (χ1n) is 10.5. The summed E-state index contributed by atoms with van der Waals surface area (Å²) in [5.74, 6) is 0.285. The van der Waals surface area contributed by atoms with Gasteiger partial charge in [0.05, 0.1) is 16.6 Å². The number of amides is 1. The Kier molecular flexibility index (Phi) is 8.00. The molecule has 6 nitrogen and oxygen atoms in total. The predicted molar refractivity (Wildman–Crippen MR) is 131 cm³/mol. The van der Waals surface area contributed by atoms with E-state index in [2.05, 4.69) is 5.32 Å². The van der Waals surface area contributed by atoms with Crippen LogP contribution in [0.2, 0.25) is 5.02 Å². The Morgan fingerprint density at radius 1 is 1.00 bits per heavy atom. The van der Waals surface area contributed by atoms with E-state index in [1.807, 2.05) is 38.1 Å². The van der Waals surface area contributed by atoms with E-state index >= 15 is 0 Å². The molecule has 3 aromatic carbocycles. The number of carbonyl (C=O) groups is 1. The fraction of sp³-hybridized carbons (Fsp3) is 0.240. The van der Waals surface area contributed by atoms with Crippen LogP contribution in [0.25, 0.3) is 0 Å². The highest BCUT2D eigenvalue weighted by Crippen LogP contribution is 2.28. The van der Waals surface area contributed by atoms with Gasteiger partial charge >= 0.3 is 0 Å². The minimum absolute atomic E-state index is 0.0884. The van der Waals surface area contributed by atoms with Crippen molar-refractivity contribution in [2.45, 2.75) is 31.7 Å². The lowest BCUT2D eigenvalue weighted by atomic mass is 10.2. The summed E-state index contributed by atoms with van der Waals surface area (Å²) < 4.78 is 33.6. The molecule has 0 aliphatic heterocycles. The van der Waals surface area contributed by atoms with Gasteiger partial charge in [-0.15, -0.1) is 0 Å². The second-order valence-corrected chi connectivity index (χ2v) is 10.1. The van der Waals surface area contributed by atoms with Crippen LogP contribution in [0.5, 0.6) is 5.75 Å². The minimum atomic E-state index is -3.99. The zero-order valence-electron chi connectivity index (χ0n) is 18.8. The molecule has 0 radical (unpaired) electrons. The minimum Gasteiger partial charge on any atom is -0.491 e. The SMILES string of the molecule is Cc1ccc(N(CC(=O)NC(C)COc2ccccc2C)S(=O)(=O)c2ccccc2)cc1Cl. The van der Waals surface area contributed by atoms with Gasteiger partial charge in [-0.3, -0.25) is 9.10 Å². The number of anilines is 1. The van der Waals surface area contributed by atoms with Gasteiger partial charge in [0.25, 0.3) is 10.0 Å². The van der Waals surface area contributed by atoms with E-state index in [4.69, 9.17) is 16.3 Å². The Labute approximate surface area is 200 Å². The predicted octanol–water partition coefficient (Wildman–Crippen LogP) is 4.74. The molecule has 8 heteroatoms. The first-order chi connectivity index (χ1) is 15.7. The van der Waals surface area contributed by atoms with Crippen molar-refractivity contribution in [3.05, 3.63) is 88.9 Å². The molecule has 1 amide bonds. The number of hydrogen-bond donors (Lipinski definition) is 1. The fourth-order valence-corrected chi connectivity index (χ4v) is 4.81. The molecular weight excluding hydrogens is 460 g/mol. The molecule has 0 aromatic heterocycles. The topological polar surface area (TPSA) is 75.7 Å². The molecule has 0 fully saturated rings. The van der Waals surface area contributed by atoms with E-state index in [-0.39, 0.29) is 17.5 Å². The molecule has 0 saturated carbocycles. The Hall–Kier alpha value is -3.03. The molecule has 1 N–H and O–H groups in total. The van der Waals surface area contributed by atoms with Gasteiger partial charge in [0.2, 0.25) is 5.91 Å². The number of aryl methyl sites for hydroxylation is 2. The van der Waals surface area contributed by atoms with Crippen molar-refractivity contribution in [3.8, 4) is 5.75 Å². The number of nitrogens with one attached hydrogen (secondary N) is 1. The number of benzene rings is 3. The van der Waals surface area contributed by atoms with Crippen LogP contribution < -0.4 is 14.4 Å². The third-order valence-corrected chi connectivity index (χ3v) is 7.25. The van der Waals surface area contributed by atoms with Gasteiger partial charge in [0.15, 0.2) is 0 Å². The molecule has 0 aliphatic rings. The highest BCUT2D eigenvalue weighted by molar-refractivity contribution is 7.92. The molecule has 3 aromatic rings. The summed E-state index contributed by atoms with van der Waals surface area (Å²) in [5, 5.41) is 3.23. The maximum atomic E-state index is 13.4. The molecule has 0 heterocycles. The summed E-state index contributed by atoms with van der Waals surface area (Å²) in [6, 6.07) is 20.2. The van der Waals surface area contributed by atoms with Crippen molar-refractivity contribution in [1.29, 1.82) is 0 Å². The normalized spacial score (nSPS) is 12.1. The van der Waals surface area contributed by atoms with Gasteiger partial charge in [-0.25, -0.2) is 8.42 Å². The summed E-state index contributed by atoms with van der Waals surface area (Å²) in [5.41, 5.74) is 2.12. The summed E-state index contributed by atoms with van der Waals surface area (Å²) >= 11 is 6.25. The number of carbonyl (C=O) groups excluding carboxylic acids is 1. The standard InChI is InChI=1S/C25H27ClN2O4S/c1-18-13-14-21(15-23(18)26)28(33(30,31)22-10-5-4-6-11-22)16-25(29)27-20(3)17-32-24-12-8-7-9-19(24)2/h4-15,20H,16-17H2,1-3H3,(H,27,29). The lowest BCUT2D eigenvalue weighted by molar-refractivity contribution is -0.120. The van der Waals surface area contributed by atoms with Crippen molar-refractivity contribution in [1.82, 2.24) is 5.32 Å². The van der Waals surface area contributed by atoms with E-state index in [0.29, 0.717) is 10.7 Å². The van der Waals surface area contributed by atoms with Crippen LogP contribution in [-0.4, -0.2) is 33.5 Å². The van der Waals surface area contributed by atoms with Crippen molar-refractivity contribution in [2.24, 2.45) is 0 Å². The molecule has 0 aliphatic carbocycles. The van der Waals surface area contributed by atoms with Gasteiger partial charge in [-0.05, 0) is 62.2 Å². The third kappa shape index (κ3) is 6.27. The van der Waals surface area contributed by atoms with Crippen LogP contribution in [-0.2, 0) is 14.8 Å². The van der Waals surface area contributed by atoms with Crippen LogP contribution in [0.4, 0.5) is 5.69 Å². The maximum absolute atomic E-state index is 13.4. The first kappa shape index (κ1) is 24.6. The second kappa shape index (κ2) is 10.7. The summed E-state index contributed by atoms with van der Waals surface area (Å²) in [7, 11) is -3.99. The number of halogens is 1. The Bertz CT molecular complexity index is 1220. The highest BCUT2D eigenvalue weighted by Gasteiger charge is 2.28. The van der Waals surface area contributed by atoms with Crippen molar-refractivity contribution < 1.29 is 17.9 Å². The molecule has 1 unspecified atom stereocenters. The van der Waals surface area contributed by atoms with Crippen LogP contribution in [0, 0.1) is 13.8 Å². The van der Waals surface area contributed by atoms with Crippen molar-refractivity contribution in [2.75, 3.05) is 17.5 Å². The van der Waals surface area contributed by atoms with Gasteiger partial charge in [-0.2, -0.15) is 0 Å². The smallest absolute Gasteiger partial charge is 0.264 e. The van der Waals surface area contributed by atoms with E-state index in [0.717, 1.165) is 21.2 Å².